The van der Waals surface area contributed by atoms with Crippen LogP contribution < -0.4 is 11.3 Å². The molecule has 4 aromatic rings. The first-order chi connectivity index (χ1) is 12.7. The van der Waals surface area contributed by atoms with E-state index in [2.05, 4.69) is 0 Å². The normalized spacial score (nSPS) is 11.4. The van der Waals surface area contributed by atoms with Gasteiger partial charge in [0.2, 0.25) is 5.58 Å². The summed E-state index contributed by atoms with van der Waals surface area (Å²) in [5, 5.41) is 32.4. The predicted molar refractivity (Wildman–Crippen MR) is 87.2 cm³/mol. The lowest BCUT2D eigenvalue weighted by molar-refractivity contribution is -0.421. The van der Waals surface area contributed by atoms with Crippen LogP contribution in [-0.4, -0.2) is 14.8 Å². The number of rotatable bonds is 3. The fourth-order valence-electron chi connectivity index (χ4n) is 2.97. The van der Waals surface area contributed by atoms with Gasteiger partial charge in [-0.3, -0.25) is 30.3 Å². The minimum atomic E-state index is -1.23. The van der Waals surface area contributed by atoms with E-state index in [9.17, 15) is 39.9 Å². The van der Waals surface area contributed by atoms with Crippen LogP contribution in [0.15, 0.2) is 36.6 Å². The molecule has 0 amide bonds. The molecule has 0 aliphatic heterocycles. The fourth-order valence-corrected chi connectivity index (χ4v) is 2.97. The SMILES string of the molecule is O=c1oc2cc([N+](=O)[O-])c([N+](=O)[O-])c3oc(=O)c4cc([N+](=O)[O-])cc1c4c23. The van der Waals surface area contributed by atoms with Crippen molar-refractivity contribution in [2.75, 3.05) is 0 Å². The van der Waals surface area contributed by atoms with Gasteiger partial charge in [-0.1, -0.05) is 0 Å². The Labute approximate surface area is 143 Å². The summed E-state index contributed by atoms with van der Waals surface area (Å²) < 4.78 is 9.83. The summed E-state index contributed by atoms with van der Waals surface area (Å²) in [6.45, 7) is 0. The topological polar surface area (TPSA) is 190 Å². The largest absolute Gasteiger partial charge is 0.422 e. The van der Waals surface area contributed by atoms with Gasteiger partial charge in [0.05, 0.1) is 37.0 Å². The van der Waals surface area contributed by atoms with Crippen LogP contribution in [-0.2, 0) is 0 Å². The molecule has 0 atom stereocenters. The molecule has 134 valence electrons. The summed E-state index contributed by atoms with van der Waals surface area (Å²) in [4.78, 5) is 55.0. The molecule has 0 aliphatic carbocycles. The Morgan fingerprint density at radius 3 is 1.85 bits per heavy atom. The first-order valence-electron chi connectivity index (χ1n) is 6.97. The molecule has 0 spiro atoms. The first-order valence-corrected chi connectivity index (χ1v) is 6.97. The summed E-state index contributed by atoms with van der Waals surface area (Å²) >= 11 is 0. The van der Waals surface area contributed by atoms with E-state index in [1.54, 1.807) is 0 Å². The van der Waals surface area contributed by atoms with Crippen molar-refractivity contribution in [3.63, 3.8) is 0 Å². The van der Waals surface area contributed by atoms with Crippen LogP contribution in [0.4, 0.5) is 17.1 Å². The van der Waals surface area contributed by atoms with E-state index in [0.29, 0.717) is 6.07 Å². The highest BCUT2D eigenvalue weighted by atomic mass is 16.6. The van der Waals surface area contributed by atoms with Crippen LogP contribution in [0.25, 0.3) is 32.7 Å². The summed E-state index contributed by atoms with van der Waals surface area (Å²) in [5.74, 6) is 0. The molecule has 2 aromatic carbocycles. The van der Waals surface area contributed by atoms with Gasteiger partial charge in [0.15, 0.2) is 0 Å². The molecule has 0 fully saturated rings. The lowest BCUT2D eigenvalue weighted by Crippen LogP contribution is -2.09. The second kappa shape index (κ2) is 5.04. The number of hydrogen-bond donors (Lipinski definition) is 0. The van der Waals surface area contributed by atoms with Gasteiger partial charge in [-0.15, -0.1) is 0 Å². The summed E-state index contributed by atoms with van der Waals surface area (Å²) in [6.07, 6.45) is 0. The van der Waals surface area contributed by atoms with Gasteiger partial charge in [0, 0.05) is 17.5 Å². The van der Waals surface area contributed by atoms with Gasteiger partial charge in [-0.25, -0.2) is 9.59 Å². The minimum absolute atomic E-state index is 0.170. The molecule has 13 nitrogen and oxygen atoms in total. The molecule has 0 bridgehead atoms. The van der Waals surface area contributed by atoms with Gasteiger partial charge in [0.25, 0.3) is 5.69 Å². The van der Waals surface area contributed by atoms with Crippen LogP contribution in [0, 0.1) is 30.3 Å². The van der Waals surface area contributed by atoms with Crippen molar-refractivity contribution < 1.29 is 23.6 Å². The summed E-state index contributed by atoms with van der Waals surface area (Å²) in [6, 6.07) is 2.36. The lowest BCUT2D eigenvalue weighted by atomic mass is 10.0. The van der Waals surface area contributed by atoms with E-state index < -0.39 is 54.2 Å². The summed E-state index contributed by atoms with van der Waals surface area (Å²) in [7, 11) is 0. The molecular formula is C14H3N3O10. The van der Waals surface area contributed by atoms with Crippen molar-refractivity contribution in [1.82, 2.24) is 0 Å². The van der Waals surface area contributed by atoms with E-state index in [1.807, 2.05) is 0 Å². The van der Waals surface area contributed by atoms with E-state index in [0.717, 1.165) is 12.1 Å². The van der Waals surface area contributed by atoms with Gasteiger partial charge < -0.3 is 8.83 Å². The summed E-state index contributed by atoms with van der Waals surface area (Å²) in [5.41, 5.74) is -6.26. The van der Waals surface area contributed by atoms with Crippen molar-refractivity contribution in [2.45, 2.75) is 0 Å². The highest BCUT2D eigenvalue weighted by Crippen LogP contribution is 2.42. The molecule has 2 heterocycles. The Balaban J connectivity index is 2.41. The third-order valence-electron chi connectivity index (χ3n) is 4.00. The zero-order chi connectivity index (χ0) is 19.6. The van der Waals surface area contributed by atoms with Crippen molar-refractivity contribution >= 4 is 49.8 Å². The van der Waals surface area contributed by atoms with Crippen LogP contribution in [0.3, 0.4) is 0 Å². The quantitative estimate of drug-likeness (QED) is 0.222. The zero-order valence-corrected chi connectivity index (χ0v) is 12.7. The van der Waals surface area contributed by atoms with Crippen molar-refractivity contribution in [3.05, 3.63) is 69.4 Å². The first kappa shape index (κ1) is 16.1. The maximum Gasteiger partial charge on any atom is 0.389 e. The van der Waals surface area contributed by atoms with Gasteiger partial charge in [0.1, 0.15) is 5.58 Å². The number of non-ortho nitro benzene ring substituents is 1. The van der Waals surface area contributed by atoms with Gasteiger partial charge >= 0.3 is 22.6 Å². The average Bonchev–Trinajstić information content (AvgIpc) is 2.59. The highest BCUT2D eigenvalue weighted by molar-refractivity contribution is 6.22. The molecule has 0 saturated heterocycles. The smallest absolute Gasteiger partial charge is 0.389 e. The fraction of sp³-hybridized carbons (Fsp3) is 0. The van der Waals surface area contributed by atoms with E-state index >= 15 is 0 Å². The Bertz CT molecular complexity index is 1430. The number of nitro groups is 3. The molecule has 0 aliphatic rings. The van der Waals surface area contributed by atoms with Crippen LogP contribution >= 0.6 is 0 Å². The maximum atomic E-state index is 12.3. The Hall–Kier alpha value is -4.42. The van der Waals surface area contributed by atoms with Crippen molar-refractivity contribution in [3.8, 4) is 0 Å². The standard InChI is InChI=1S/C14H3N3O10/c18-13-5-1-4(15(20)21)2-6-9(5)10-8(26-13)3-7(16(22)23)11(17(24)25)12(10)27-14(6)19/h1-3H. The van der Waals surface area contributed by atoms with E-state index in [-0.39, 0.29) is 21.5 Å². The van der Waals surface area contributed by atoms with Gasteiger partial charge in [-0.2, -0.15) is 0 Å². The third kappa shape index (κ3) is 2.05. The van der Waals surface area contributed by atoms with Crippen molar-refractivity contribution in [1.29, 1.82) is 0 Å². The number of benzene rings is 2. The molecular weight excluding hydrogens is 370 g/mol. The van der Waals surface area contributed by atoms with E-state index in [1.165, 1.54) is 0 Å². The molecule has 27 heavy (non-hydrogen) atoms. The van der Waals surface area contributed by atoms with Crippen LogP contribution in [0.2, 0.25) is 0 Å². The monoisotopic (exact) mass is 373 g/mol. The zero-order valence-electron chi connectivity index (χ0n) is 12.7. The Morgan fingerprint density at radius 1 is 0.741 bits per heavy atom. The second-order valence-corrected chi connectivity index (χ2v) is 5.41. The Kier molecular flexibility index (Phi) is 3.00. The van der Waals surface area contributed by atoms with Crippen LogP contribution in [0.5, 0.6) is 0 Å². The van der Waals surface area contributed by atoms with Crippen molar-refractivity contribution in [2.24, 2.45) is 0 Å². The molecule has 13 heteroatoms. The maximum absolute atomic E-state index is 12.3. The number of nitrogens with zero attached hydrogens (tertiary/aromatic N) is 3. The highest BCUT2D eigenvalue weighted by Gasteiger charge is 2.34. The van der Waals surface area contributed by atoms with Gasteiger partial charge in [-0.05, 0) is 0 Å². The predicted octanol–water partition coefficient (Wildman–Crippen LogP) is 2.21. The molecule has 4 rings (SSSR count). The third-order valence-corrected chi connectivity index (χ3v) is 4.00. The molecule has 0 unspecified atom stereocenters. The second-order valence-electron chi connectivity index (χ2n) is 5.41. The average molecular weight is 373 g/mol. The minimum Gasteiger partial charge on any atom is -0.422 e. The van der Waals surface area contributed by atoms with Crippen LogP contribution in [0.1, 0.15) is 0 Å². The molecule has 0 N–H and O–H groups in total. The molecule has 0 saturated carbocycles. The number of nitro benzene ring substituents is 3. The molecule has 0 radical (unpaired) electrons. The Morgan fingerprint density at radius 2 is 1.33 bits per heavy atom. The molecule has 2 aromatic heterocycles. The number of hydrogen-bond acceptors (Lipinski definition) is 10. The lowest BCUT2D eigenvalue weighted by Gasteiger charge is -2.08. The van der Waals surface area contributed by atoms with E-state index in [4.69, 9.17) is 8.83 Å².